The molecule has 164 valence electrons. The van der Waals surface area contributed by atoms with E-state index in [-0.39, 0.29) is 29.7 Å². The number of benzene rings is 1. The molecule has 0 radical (unpaired) electrons. The maximum Gasteiger partial charge on any atom is 0.410 e. The van der Waals surface area contributed by atoms with Crippen LogP contribution in [-0.2, 0) is 16.1 Å². The average molecular weight is 423 g/mol. The Hall–Kier alpha value is -3.50. The zero-order valence-corrected chi connectivity index (χ0v) is 16.9. The van der Waals surface area contributed by atoms with Gasteiger partial charge in [-0.05, 0) is 6.07 Å². The summed E-state index contributed by atoms with van der Waals surface area (Å²) < 4.78 is 20.7. The van der Waals surface area contributed by atoms with Gasteiger partial charge in [0.2, 0.25) is 0 Å². The van der Waals surface area contributed by atoms with Gasteiger partial charge in [0.25, 0.3) is 5.69 Å². The van der Waals surface area contributed by atoms with E-state index < -0.39 is 17.1 Å². The van der Waals surface area contributed by atoms with Gasteiger partial charge in [-0.1, -0.05) is 6.08 Å². The number of methoxy groups -OCH3 is 2. The van der Waals surface area contributed by atoms with E-state index in [4.69, 9.17) is 18.9 Å². The van der Waals surface area contributed by atoms with Crippen molar-refractivity contribution in [2.75, 3.05) is 33.9 Å². The minimum absolute atomic E-state index is 0.183. The maximum absolute atomic E-state index is 12.3. The molecule has 1 aromatic carbocycles. The molecule has 0 saturated carbocycles. The van der Waals surface area contributed by atoms with E-state index >= 15 is 0 Å². The molecule has 30 heavy (non-hydrogen) atoms. The largest absolute Gasteiger partial charge is 0.493 e. The van der Waals surface area contributed by atoms with Crippen molar-refractivity contribution in [3.05, 3.63) is 40.5 Å². The maximum atomic E-state index is 12.3. The third-order valence-electron chi connectivity index (χ3n) is 4.50. The number of nitro groups is 1. The van der Waals surface area contributed by atoms with Crippen LogP contribution in [0.3, 0.4) is 0 Å². The topological polar surface area (TPSA) is 129 Å². The van der Waals surface area contributed by atoms with Crippen molar-refractivity contribution >= 4 is 17.9 Å². The number of amides is 2. The molecule has 0 aliphatic carbocycles. The fourth-order valence-electron chi connectivity index (χ4n) is 2.93. The van der Waals surface area contributed by atoms with Crippen LogP contribution < -0.4 is 14.8 Å². The predicted molar refractivity (Wildman–Crippen MR) is 106 cm³/mol. The normalized spacial score (nSPS) is 13.9. The highest BCUT2D eigenvalue weighted by Crippen LogP contribution is 2.34. The first-order valence-corrected chi connectivity index (χ1v) is 9.26. The Morgan fingerprint density at radius 1 is 1.27 bits per heavy atom. The second-order valence-electron chi connectivity index (χ2n) is 6.41. The molecule has 1 fully saturated rings. The average Bonchev–Trinajstić information content (AvgIpc) is 2.75. The van der Waals surface area contributed by atoms with E-state index in [1.165, 1.54) is 31.3 Å². The van der Waals surface area contributed by atoms with E-state index in [2.05, 4.69) is 11.9 Å². The fraction of sp³-hybridized carbons (Fsp3) is 0.474. The highest BCUT2D eigenvalue weighted by molar-refractivity contribution is 5.69. The van der Waals surface area contributed by atoms with Crippen LogP contribution in [0.4, 0.5) is 15.3 Å². The summed E-state index contributed by atoms with van der Waals surface area (Å²) in [5.74, 6) is 0.500. The molecular formula is C19H25N3O8. The number of piperidine rings is 1. The lowest BCUT2D eigenvalue weighted by Gasteiger charge is -2.30. The Bertz CT molecular complexity index is 790. The molecule has 0 aromatic heterocycles. The van der Waals surface area contributed by atoms with Crippen LogP contribution in [0.25, 0.3) is 0 Å². The minimum Gasteiger partial charge on any atom is -0.493 e. The first-order chi connectivity index (χ1) is 14.4. The number of hydrogen-bond acceptors (Lipinski definition) is 8. The van der Waals surface area contributed by atoms with E-state index in [0.717, 1.165) is 0 Å². The molecule has 1 N–H and O–H groups in total. The van der Waals surface area contributed by atoms with Gasteiger partial charge in [-0.15, -0.1) is 6.58 Å². The van der Waals surface area contributed by atoms with Crippen LogP contribution in [0.5, 0.6) is 11.5 Å². The molecule has 0 atom stereocenters. The molecule has 2 amide bonds. The molecule has 0 unspecified atom stereocenters. The number of nitro benzene ring substituents is 1. The summed E-state index contributed by atoms with van der Waals surface area (Å²) in [4.78, 5) is 36.1. The first-order valence-electron chi connectivity index (χ1n) is 9.26. The quantitative estimate of drug-likeness (QED) is 0.384. The molecule has 2 rings (SSSR count). The Morgan fingerprint density at radius 2 is 1.90 bits per heavy atom. The van der Waals surface area contributed by atoms with Gasteiger partial charge in [0, 0.05) is 32.5 Å². The molecular weight excluding hydrogens is 398 g/mol. The van der Waals surface area contributed by atoms with Crippen molar-refractivity contribution in [2.24, 2.45) is 0 Å². The zero-order chi connectivity index (χ0) is 22.1. The summed E-state index contributed by atoms with van der Waals surface area (Å²) >= 11 is 0. The standard InChI is InChI=1S/C19H25N3O8/c1-4-7-20-18(23)30-14-5-8-21(9-6-14)19(24)29-12-13-10-16(27-2)17(28-3)11-15(13)22(25)26/h4,10-11,14H,1,5-9,12H2,2-3H3,(H,20,23). The van der Waals surface area contributed by atoms with Gasteiger partial charge in [0.1, 0.15) is 12.7 Å². The van der Waals surface area contributed by atoms with Crippen LogP contribution in [-0.4, -0.2) is 62.0 Å². The fourth-order valence-corrected chi connectivity index (χ4v) is 2.93. The number of carbonyl (C=O) groups excluding carboxylic acids is 2. The van der Waals surface area contributed by atoms with Crippen molar-refractivity contribution in [2.45, 2.75) is 25.6 Å². The number of likely N-dealkylation sites (tertiary alicyclic amines) is 1. The lowest BCUT2D eigenvalue weighted by atomic mass is 10.1. The number of nitrogens with one attached hydrogen (secondary N) is 1. The minimum atomic E-state index is -0.603. The summed E-state index contributed by atoms with van der Waals surface area (Å²) in [5, 5.41) is 13.9. The van der Waals surface area contributed by atoms with Crippen LogP contribution in [0, 0.1) is 10.1 Å². The van der Waals surface area contributed by atoms with Gasteiger partial charge < -0.3 is 29.2 Å². The van der Waals surface area contributed by atoms with Crippen molar-refractivity contribution in [3.63, 3.8) is 0 Å². The third-order valence-corrected chi connectivity index (χ3v) is 4.50. The van der Waals surface area contributed by atoms with Gasteiger partial charge in [0.05, 0.1) is 30.8 Å². The van der Waals surface area contributed by atoms with Gasteiger partial charge in [-0.2, -0.15) is 0 Å². The van der Waals surface area contributed by atoms with E-state index in [0.29, 0.717) is 38.2 Å². The molecule has 1 aliphatic rings. The van der Waals surface area contributed by atoms with Crippen LogP contribution in [0.2, 0.25) is 0 Å². The smallest absolute Gasteiger partial charge is 0.410 e. The van der Waals surface area contributed by atoms with E-state index in [9.17, 15) is 19.7 Å². The molecule has 1 aliphatic heterocycles. The summed E-state index contributed by atoms with van der Waals surface area (Å²) in [6, 6.07) is 2.63. The molecule has 1 saturated heterocycles. The lowest BCUT2D eigenvalue weighted by molar-refractivity contribution is -0.385. The Balaban J connectivity index is 1.91. The number of ether oxygens (including phenoxy) is 4. The second-order valence-corrected chi connectivity index (χ2v) is 6.41. The highest BCUT2D eigenvalue weighted by atomic mass is 16.6. The van der Waals surface area contributed by atoms with Gasteiger partial charge >= 0.3 is 12.2 Å². The molecule has 11 heteroatoms. The van der Waals surface area contributed by atoms with Crippen LogP contribution >= 0.6 is 0 Å². The Kier molecular flexibility index (Phi) is 8.27. The van der Waals surface area contributed by atoms with Crippen LogP contribution in [0.15, 0.2) is 24.8 Å². The number of hydrogen-bond donors (Lipinski definition) is 1. The third kappa shape index (κ3) is 6.00. The van der Waals surface area contributed by atoms with Gasteiger partial charge in [-0.3, -0.25) is 10.1 Å². The monoisotopic (exact) mass is 423 g/mol. The molecule has 11 nitrogen and oxygen atoms in total. The summed E-state index contributed by atoms with van der Waals surface area (Å²) in [6.07, 6.45) is 1.04. The molecule has 1 aromatic rings. The first kappa shape index (κ1) is 22.8. The van der Waals surface area contributed by atoms with Gasteiger partial charge in [0.15, 0.2) is 11.5 Å². The predicted octanol–water partition coefficient (Wildman–Crippen LogP) is 2.63. The summed E-state index contributed by atoms with van der Waals surface area (Å²) in [5.41, 5.74) is -0.0544. The van der Waals surface area contributed by atoms with Crippen molar-refractivity contribution in [3.8, 4) is 11.5 Å². The van der Waals surface area contributed by atoms with E-state index in [1.807, 2.05) is 0 Å². The SMILES string of the molecule is C=CCNC(=O)OC1CCN(C(=O)OCc2cc(OC)c(OC)cc2[N+](=O)[O-])CC1. The number of rotatable bonds is 8. The van der Waals surface area contributed by atoms with Crippen molar-refractivity contribution in [1.82, 2.24) is 10.2 Å². The highest BCUT2D eigenvalue weighted by Gasteiger charge is 2.27. The van der Waals surface area contributed by atoms with E-state index in [1.54, 1.807) is 6.08 Å². The molecule has 1 heterocycles. The molecule has 0 bridgehead atoms. The second kappa shape index (κ2) is 10.9. The van der Waals surface area contributed by atoms with Crippen LogP contribution in [0.1, 0.15) is 18.4 Å². The number of nitrogens with zero attached hydrogens (tertiary/aromatic N) is 2. The van der Waals surface area contributed by atoms with Gasteiger partial charge in [-0.25, -0.2) is 9.59 Å². The Labute approximate surface area is 173 Å². The van der Waals surface area contributed by atoms with Crippen molar-refractivity contribution in [1.29, 1.82) is 0 Å². The molecule has 0 spiro atoms. The Morgan fingerprint density at radius 3 is 2.47 bits per heavy atom. The van der Waals surface area contributed by atoms with Crippen molar-refractivity contribution < 1.29 is 33.5 Å². The lowest BCUT2D eigenvalue weighted by Crippen LogP contribution is -2.42. The zero-order valence-electron chi connectivity index (χ0n) is 16.9. The summed E-state index contributed by atoms with van der Waals surface area (Å²) in [7, 11) is 2.78. The number of carbonyl (C=O) groups is 2. The number of alkyl carbamates (subject to hydrolysis) is 1. The summed E-state index contributed by atoms with van der Waals surface area (Å²) in [6.45, 7) is 4.20.